The molecule has 76 valence electrons. The smallest absolute Gasteiger partial charge is 0.250 e. The number of nitrogens with zero attached hydrogens (tertiary/aromatic N) is 1. The normalized spacial score (nSPS) is 13.6. The van der Waals surface area contributed by atoms with Crippen LogP contribution in [0.3, 0.4) is 0 Å². The highest BCUT2D eigenvalue weighted by atomic mass is 16.6. The van der Waals surface area contributed by atoms with E-state index in [0.717, 1.165) is 0 Å². The van der Waals surface area contributed by atoms with E-state index >= 15 is 0 Å². The highest BCUT2D eigenvalue weighted by Gasteiger charge is 2.10. The van der Waals surface area contributed by atoms with Gasteiger partial charge in [0.15, 0.2) is 0 Å². The van der Waals surface area contributed by atoms with Crippen molar-refractivity contribution in [1.29, 1.82) is 0 Å². The number of hydrogen-bond acceptors (Lipinski definition) is 5. The van der Waals surface area contributed by atoms with E-state index in [9.17, 15) is 4.79 Å². The fraction of sp³-hybridized carbons (Fsp3) is 0.667. The lowest BCUT2D eigenvalue weighted by molar-refractivity contribution is -0.122. The van der Waals surface area contributed by atoms with Gasteiger partial charge in [0.05, 0.1) is 6.04 Å². The van der Waals surface area contributed by atoms with Gasteiger partial charge in [0.1, 0.15) is 12.4 Å². The molecule has 0 aliphatic heterocycles. The summed E-state index contributed by atoms with van der Waals surface area (Å²) in [6.45, 7) is 1.82. The summed E-state index contributed by atoms with van der Waals surface area (Å²) < 4.78 is 0. The lowest BCUT2D eigenvalue weighted by atomic mass is 10.2. The Morgan fingerprint density at radius 2 is 2.31 bits per heavy atom. The monoisotopic (exact) mass is 189 g/mol. The van der Waals surface area contributed by atoms with Gasteiger partial charge in [-0.15, -0.1) is 0 Å². The number of rotatable bonds is 5. The maximum atomic E-state index is 10.8. The van der Waals surface area contributed by atoms with E-state index in [2.05, 4.69) is 5.16 Å². The largest absolute Gasteiger partial charge is 0.394 e. The zero-order valence-electron chi connectivity index (χ0n) is 7.49. The van der Waals surface area contributed by atoms with Crippen LogP contribution in [0.25, 0.3) is 0 Å². The molecule has 0 aliphatic carbocycles. The lowest BCUT2D eigenvalue weighted by Gasteiger charge is -2.07. The number of nitrogens with two attached hydrogens (primary N) is 3. The van der Waals surface area contributed by atoms with Gasteiger partial charge in [-0.05, 0) is 6.92 Å². The number of carbonyl (C=O) groups is 1. The van der Waals surface area contributed by atoms with Crippen LogP contribution in [0.2, 0.25) is 0 Å². The number of oxime groups is 1. The first-order valence-corrected chi connectivity index (χ1v) is 3.76. The number of amidine groups is 1. The van der Waals surface area contributed by atoms with E-state index in [1.807, 2.05) is 5.43 Å². The number of carbonyl (C=O) groups excluding carboxylic acids is 1. The van der Waals surface area contributed by atoms with E-state index in [1.54, 1.807) is 6.92 Å². The maximum absolute atomic E-state index is 10.8. The molecule has 7 N–H and O–H groups in total. The van der Waals surface area contributed by atoms with Crippen molar-refractivity contribution in [2.45, 2.75) is 19.4 Å². The summed E-state index contributed by atoms with van der Waals surface area (Å²) in [6, 6.07) is -0.682. The van der Waals surface area contributed by atoms with Gasteiger partial charge < -0.3 is 16.3 Å². The Morgan fingerprint density at radius 1 is 1.69 bits per heavy atom. The Balaban J connectivity index is 3.53. The molecule has 0 saturated heterocycles. The molecular weight excluding hydrogens is 174 g/mol. The molecule has 1 atom stereocenters. The standard InChI is InChI=1S/C6H15N5O2/c1-4(7)11-13-3-2-5(8)6(12)10-9/h5H,2-3,8-9H2,1H3,(H2,7,11)(H,10,12)/t5-/m0/s1. The third-order valence-electron chi connectivity index (χ3n) is 1.21. The molecule has 0 spiro atoms. The highest BCUT2D eigenvalue weighted by molar-refractivity contribution is 5.80. The molecule has 0 rings (SSSR count). The first kappa shape index (κ1) is 11.7. The third kappa shape index (κ3) is 5.88. The van der Waals surface area contributed by atoms with Crippen molar-refractivity contribution in [3.63, 3.8) is 0 Å². The molecule has 0 aromatic carbocycles. The van der Waals surface area contributed by atoms with Crippen molar-refractivity contribution < 1.29 is 9.63 Å². The van der Waals surface area contributed by atoms with Crippen molar-refractivity contribution in [2.75, 3.05) is 6.61 Å². The summed E-state index contributed by atoms with van der Waals surface area (Å²) in [7, 11) is 0. The van der Waals surface area contributed by atoms with E-state index in [0.29, 0.717) is 12.3 Å². The Labute approximate surface area is 76.2 Å². The molecule has 0 aromatic heterocycles. The number of amides is 1. The summed E-state index contributed by atoms with van der Waals surface area (Å²) in [5, 5.41) is 3.46. The molecule has 13 heavy (non-hydrogen) atoms. The molecule has 0 fully saturated rings. The summed E-state index contributed by atoms with van der Waals surface area (Å²) in [5.41, 5.74) is 12.5. The molecule has 0 aromatic rings. The van der Waals surface area contributed by atoms with Crippen molar-refractivity contribution in [3.05, 3.63) is 0 Å². The zero-order valence-corrected chi connectivity index (χ0v) is 7.49. The summed E-state index contributed by atoms with van der Waals surface area (Å²) >= 11 is 0. The molecule has 1 amide bonds. The van der Waals surface area contributed by atoms with Gasteiger partial charge in [0, 0.05) is 6.42 Å². The maximum Gasteiger partial charge on any atom is 0.250 e. The van der Waals surface area contributed by atoms with Crippen LogP contribution in [-0.2, 0) is 9.63 Å². The van der Waals surface area contributed by atoms with Crippen LogP contribution in [0, 0.1) is 0 Å². The van der Waals surface area contributed by atoms with Crippen molar-refractivity contribution in [1.82, 2.24) is 5.43 Å². The van der Waals surface area contributed by atoms with Crippen molar-refractivity contribution >= 4 is 11.7 Å². The average molecular weight is 189 g/mol. The molecule has 0 radical (unpaired) electrons. The molecule has 0 saturated carbocycles. The first-order valence-electron chi connectivity index (χ1n) is 3.76. The van der Waals surface area contributed by atoms with Crippen molar-refractivity contribution in [2.24, 2.45) is 22.5 Å². The second kappa shape index (κ2) is 6.21. The lowest BCUT2D eigenvalue weighted by Crippen LogP contribution is -2.44. The van der Waals surface area contributed by atoms with Gasteiger partial charge in [-0.1, -0.05) is 5.16 Å². The van der Waals surface area contributed by atoms with Crippen LogP contribution >= 0.6 is 0 Å². The van der Waals surface area contributed by atoms with E-state index in [1.165, 1.54) is 0 Å². The summed E-state index contributed by atoms with van der Waals surface area (Å²) in [5.74, 6) is 4.74. The zero-order chi connectivity index (χ0) is 10.3. The van der Waals surface area contributed by atoms with Gasteiger partial charge in [-0.25, -0.2) is 5.84 Å². The Bertz CT molecular complexity index is 189. The van der Waals surface area contributed by atoms with E-state index in [-0.39, 0.29) is 6.61 Å². The predicted octanol–water partition coefficient (Wildman–Crippen LogP) is -2.00. The number of hydrogen-bond donors (Lipinski definition) is 4. The number of nitrogens with one attached hydrogen (secondary N) is 1. The minimum atomic E-state index is -0.682. The van der Waals surface area contributed by atoms with Crippen molar-refractivity contribution in [3.8, 4) is 0 Å². The summed E-state index contributed by atoms with van der Waals surface area (Å²) in [4.78, 5) is 15.5. The predicted molar refractivity (Wildman–Crippen MR) is 48.2 cm³/mol. The van der Waals surface area contributed by atoms with Gasteiger partial charge in [0.25, 0.3) is 5.91 Å². The molecule has 0 bridgehead atoms. The summed E-state index contributed by atoms with van der Waals surface area (Å²) in [6.07, 6.45) is 0.333. The van der Waals surface area contributed by atoms with Gasteiger partial charge in [-0.2, -0.15) is 0 Å². The quantitative estimate of drug-likeness (QED) is 0.0992. The van der Waals surface area contributed by atoms with Crippen LogP contribution in [0.15, 0.2) is 5.16 Å². The highest BCUT2D eigenvalue weighted by Crippen LogP contribution is 1.89. The first-order chi connectivity index (χ1) is 6.07. The molecule has 0 unspecified atom stereocenters. The molecular formula is C6H15N5O2. The fourth-order valence-corrected chi connectivity index (χ4v) is 0.565. The third-order valence-corrected chi connectivity index (χ3v) is 1.21. The Morgan fingerprint density at radius 3 is 2.77 bits per heavy atom. The second-order valence-corrected chi connectivity index (χ2v) is 2.47. The minimum Gasteiger partial charge on any atom is -0.394 e. The SMILES string of the molecule is C/C(N)=N/OCC[C@H](N)C(=O)NN. The Kier molecular flexibility index (Phi) is 5.57. The number of hydrazine groups is 1. The molecule has 7 heteroatoms. The minimum absolute atomic E-state index is 0.225. The van der Waals surface area contributed by atoms with Crippen LogP contribution < -0.4 is 22.7 Å². The average Bonchev–Trinajstić information content (AvgIpc) is 2.10. The van der Waals surface area contributed by atoms with E-state index in [4.69, 9.17) is 22.1 Å². The fourth-order valence-electron chi connectivity index (χ4n) is 0.565. The second-order valence-electron chi connectivity index (χ2n) is 2.47. The molecule has 0 heterocycles. The molecule has 0 aliphatic rings. The molecule has 7 nitrogen and oxygen atoms in total. The van der Waals surface area contributed by atoms with Gasteiger partial charge in [-0.3, -0.25) is 10.2 Å². The van der Waals surface area contributed by atoms with Crippen LogP contribution in [-0.4, -0.2) is 24.4 Å². The Hall–Kier alpha value is -1.34. The van der Waals surface area contributed by atoms with E-state index < -0.39 is 11.9 Å². The van der Waals surface area contributed by atoms with Crippen LogP contribution in [0.4, 0.5) is 0 Å². The van der Waals surface area contributed by atoms with Gasteiger partial charge >= 0.3 is 0 Å². The topological polar surface area (TPSA) is 129 Å². The van der Waals surface area contributed by atoms with Crippen LogP contribution in [0.1, 0.15) is 13.3 Å². The van der Waals surface area contributed by atoms with Gasteiger partial charge in [0.2, 0.25) is 0 Å². The van der Waals surface area contributed by atoms with Crippen LogP contribution in [0.5, 0.6) is 0 Å².